The molecule has 0 radical (unpaired) electrons. The molecule has 0 unspecified atom stereocenters. The molecular weight excluding hydrogens is 249 g/mol. The van der Waals surface area contributed by atoms with Crippen molar-refractivity contribution < 1.29 is 9.90 Å². The average molecular weight is 258 g/mol. The predicted molar refractivity (Wildman–Crippen MR) is 64.8 cm³/mol. The van der Waals surface area contributed by atoms with E-state index in [0.29, 0.717) is 11.4 Å². The van der Waals surface area contributed by atoms with Gasteiger partial charge in [-0.25, -0.2) is 0 Å². The minimum atomic E-state index is -0.299. The molecule has 0 saturated carbocycles. The number of hydrogen-bond donors (Lipinski definition) is 2. The summed E-state index contributed by atoms with van der Waals surface area (Å²) in [6, 6.07) is 2.80. The molecule has 0 spiro atoms. The van der Waals surface area contributed by atoms with Gasteiger partial charge in [0, 0.05) is 17.9 Å². The van der Waals surface area contributed by atoms with Gasteiger partial charge in [0.25, 0.3) is 0 Å². The van der Waals surface area contributed by atoms with E-state index in [1.807, 2.05) is 0 Å². The van der Waals surface area contributed by atoms with Crippen molar-refractivity contribution in [2.45, 2.75) is 12.8 Å². The number of benzene rings is 1. The monoisotopic (exact) mass is 257 g/mol. The summed E-state index contributed by atoms with van der Waals surface area (Å²) in [6.07, 6.45) is 5.54. The second-order valence-corrected chi connectivity index (χ2v) is 3.88. The molecule has 0 bridgehead atoms. The first-order chi connectivity index (χ1) is 7.54. The predicted octanol–water partition coefficient (Wildman–Crippen LogP) is 3.05. The Labute approximate surface area is 103 Å². The molecule has 2 N–H and O–H groups in total. The number of anilines is 1. The molecule has 1 aromatic rings. The molecule has 84 valence electrons. The van der Waals surface area contributed by atoms with Gasteiger partial charge in [-0.15, -0.1) is 12.3 Å². The largest absolute Gasteiger partial charge is 0.504 e. The number of nitrogens with one attached hydrogen (secondary N) is 1. The normalized spacial score (nSPS) is 9.56. The standard InChI is InChI=1S/C11H9Cl2NO2/c1-2-3-4-10(15)14-9-6-7(12)5-8(13)11(9)16/h1,5-6,16H,3-4H2,(H,14,15). The third-order valence-electron chi connectivity index (χ3n) is 1.80. The number of halogens is 2. The fraction of sp³-hybridized carbons (Fsp3) is 0.182. The Morgan fingerprint density at radius 3 is 2.81 bits per heavy atom. The van der Waals surface area contributed by atoms with Crippen LogP contribution in [0.3, 0.4) is 0 Å². The van der Waals surface area contributed by atoms with Crippen molar-refractivity contribution in [3.63, 3.8) is 0 Å². The van der Waals surface area contributed by atoms with Crippen LogP contribution in [0.15, 0.2) is 12.1 Å². The zero-order valence-electron chi connectivity index (χ0n) is 8.26. The highest BCUT2D eigenvalue weighted by Crippen LogP contribution is 2.34. The molecule has 0 aliphatic heterocycles. The number of amides is 1. The number of aromatic hydroxyl groups is 1. The molecule has 16 heavy (non-hydrogen) atoms. The minimum Gasteiger partial charge on any atom is -0.504 e. The number of rotatable bonds is 3. The summed E-state index contributed by atoms with van der Waals surface area (Å²) < 4.78 is 0. The van der Waals surface area contributed by atoms with Gasteiger partial charge in [0.2, 0.25) is 5.91 Å². The lowest BCUT2D eigenvalue weighted by Crippen LogP contribution is -2.10. The Hall–Kier alpha value is -1.37. The second kappa shape index (κ2) is 5.64. The molecule has 0 fully saturated rings. The van der Waals surface area contributed by atoms with Crippen molar-refractivity contribution in [1.82, 2.24) is 0 Å². The third kappa shape index (κ3) is 3.34. The van der Waals surface area contributed by atoms with E-state index in [0.717, 1.165) is 0 Å². The van der Waals surface area contributed by atoms with Gasteiger partial charge in [0.15, 0.2) is 5.75 Å². The second-order valence-electron chi connectivity index (χ2n) is 3.04. The van der Waals surface area contributed by atoms with E-state index < -0.39 is 0 Å². The SMILES string of the molecule is C#CCCC(=O)Nc1cc(Cl)cc(Cl)c1O. The molecule has 0 saturated heterocycles. The Morgan fingerprint density at radius 1 is 1.50 bits per heavy atom. The van der Waals surface area contributed by atoms with Crippen LogP contribution in [-0.4, -0.2) is 11.0 Å². The van der Waals surface area contributed by atoms with Crippen LogP contribution in [0.2, 0.25) is 10.0 Å². The number of hydrogen-bond acceptors (Lipinski definition) is 2. The number of carbonyl (C=O) groups is 1. The molecule has 0 aliphatic carbocycles. The van der Waals surface area contributed by atoms with Gasteiger partial charge in [-0.05, 0) is 12.1 Å². The highest BCUT2D eigenvalue weighted by molar-refractivity contribution is 6.36. The first-order valence-corrected chi connectivity index (χ1v) is 5.21. The van der Waals surface area contributed by atoms with Crippen molar-refractivity contribution in [1.29, 1.82) is 0 Å². The molecule has 1 rings (SSSR count). The summed E-state index contributed by atoms with van der Waals surface area (Å²) in [6.45, 7) is 0. The summed E-state index contributed by atoms with van der Waals surface area (Å²) in [5, 5.41) is 12.4. The van der Waals surface area contributed by atoms with Crippen LogP contribution in [-0.2, 0) is 4.79 Å². The molecule has 5 heteroatoms. The van der Waals surface area contributed by atoms with E-state index in [-0.39, 0.29) is 28.8 Å². The molecular formula is C11H9Cl2NO2. The van der Waals surface area contributed by atoms with Gasteiger partial charge in [-0.2, -0.15) is 0 Å². The number of terminal acetylenes is 1. The Balaban J connectivity index is 2.81. The summed E-state index contributed by atoms with van der Waals surface area (Å²) in [5.41, 5.74) is 0.180. The van der Waals surface area contributed by atoms with E-state index >= 15 is 0 Å². The van der Waals surface area contributed by atoms with Gasteiger partial charge >= 0.3 is 0 Å². The third-order valence-corrected chi connectivity index (χ3v) is 2.30. The Morgan fingerprint density at radius 2 is 2.19 bits per heavy atom. The van der Waals surface area contributed by atoms with E-state index in [9.17, 15) is 9.90 Å². The van der Waals surface area contributed by atoms with Crippen LogP contribution in [0.4, 0.5) is 5.69 Å². The highest BCUT2D eigenvalue weighted by atomic mass is 35.5. The summed E-state index contributed by atoms with van der Waals surface area (Å²) in [4.78, 5) is 11.3. The minimum absolute atomic E-state index is 0.0831. The maximum atomic E-state index is 11.3. The van der Waals surface area contributed by atoms with Gasteiger partial charge in [0.05, 0.1) is 10.7 Å². The number of phenols is 1. The van der Waals surface area contributed by atoms with Crippen LogP contribution in [0, 0.1) is 12.3 Å². The quantitative estimate of drug-likeness (QED) is 0.646. The molecule has 0 aromatic heterocycles. The molecule has 0 aliphatic rings. The van der Waals surface area contributed by atoms with E-state index in [1.165, 1.54) is 12.1 Å². The smallest absolute Gasteiger partial charge is 0.225 e. The van der Waals surface area contributed by atoms with Crippen molar-refractivity contribution >= 4 is 34.8 Å². The Bertz CT molecular complexity index is 452. The number of phenolic OH excluding ortho intramolecular Hbond substituents is 1. The Kier molecular flexibility index (Phi) is 4.48. The van der Waals surface area contributed by atoms with Crippen LogP contribution in [0.25, 0.3) is 0 Å². The topological polar surface area (TPSA) is 49.3 Å². The van der Waals surface area contributed by atoms with Crippen molar-refractivity contribution in [3.05, 3.63) is 22.2 Å². The van der Waals surface area contributed by atoms with Crippen LogP contribution >= 0.6 is 23.2 Å². The van der Waals surface area contributed by atoms with Gasteiger partial charge in [-0.3, -0.25) is 4.79 Å². The van der Waals surface area contributed by atoms with Crippen molar-refractivity contribution in [2.24, 2.45) is 0 Å². The molecule has 1 aromatic carbocycles. The number of carbonyl (C=O) groups excluding carboxylic acids is 1. The van der Waals surface area contributed by atoms with Crippen LogP contribution in [0.1, 0.15) is 12.8 Å². The lowest BCUT2D eigenvalue weighted by Gasteiger charge is -2.08. The molecule has 1 amide bonds. The molecule has 0 heterocycles. The maximum Gasteiger partial charge on any atom is 0.225 e. The average Bonchev–Trinajstić information content (AvgIpc) is 2.22. The van der Waals surface area contributed by atoms with Crippen LogP contribution in [0.5, 0.6) is 5.75 Å². The lowest BCUT2D eigenvalue weighted by molar-refractivity contribution is -0.116. The maximum absolute atomic E-state index is 11.3. The fourth-order valence-corrected chi connectivity index (χ4v) is 1.55. The molecule has 3 nitrogen and oxygen atoms in total. The van der Waals surface area contributed by atoms with E-state index in [1.54, 1.807) is 0 Å². The zero-order chi connectivity index (χ0) is 12.1. The highest BCUT2D eigenvalue weighted by Gasteiger charge is 2.10. The van der Waals surface area contributed by atoms with E-state index in [2.05, 4.69) is 11.2 Å². The first-order valence-electron chi connectivity index (χ1n) is 4.46. The molecule has 0 atom stereocenters. The first kappa shape index (κ1) is 12.7. The van der Waals surface area contributed by atoms with E-state index in [4.69, 9.17) is 29.6 Å². The zero-order valence-corrected chi connectivity index (χ0v) is 9.77. The van der Waals surface area contributed by atoms with Gasteiger partial charge in [-0.1, -0.05) is 23.2 Å². The summed E-state index contributed by atoms with van der Waals surface area (Å²) in [7, 11) is 0. The van der Waals surface area contributed by atoms with Crippen molar-refractivity contribution in [2.75, 3.05) is 5.32 Å². The lowest BCUT2D eigenvalue weighted by atomic mass is 10.2. The fourth-order valence-electron chi connectivity index (χ4n) is 1.06. The van der Waals surface area contributed by atoms with Crippen molar-refractivity contribution in [3.8, 4) is 18.1 Å². The summed E-state index contributed by atoms with van der Waals surface area (Å²) in [5.74, 6) is 1.84. The van der Waals surface area contributed by atoms with Gasteiger partial charge in [0.1, 0.15) is 0 Å². The summed E-state index contributed by atoms with van der Waals surface area (Å²) >= 11 is 11.4. The van der Waals surface area contributed by atoms with Gasteiger partial charge < -0.3 is 10.4 Å². The van der Waals surface area contributed by atoms with Crippen LogP contribution < -0.4 is 5.32 Å².